The van der Waals surface area contributed by atoms with Crippen LogP contribution < -0.4 is 9.47 Å². The van der Waals surface area contributed by atoms with Crippen molar-refractivity contribution in [3.05, 3.63) is 23.8 Å². The van der Waals surface area contributed by atoms with Gasteiger partial charge in [-0.3, -0.25) is 9.69 Å². The first kappa shape index (κ1) is 19.2. The SMILES string of the molecule is CN(C)C[C@H]1[C@H]2C[C@H](CN(C(=O)c3cccc4c3OCCO4)C2)[C@@H]2CCCCN21. The zero-order valence-corrected chi connectivity index (χ0v) is 17.7. The van der Waals surface area contributed by atoms with Crippen LogP contribution in [0.2, 0.25) is 0 Å². The minimum Gasteiger partial charge on any atom is -0.486 e. The molecule has 4 atom stereocenters. The molecule has 29 heavy (non-hydrogen) atoms. The number of likely N-dealkylation sites (N-methyl/N-ethyl adjacent to an activating group) is 1. The molecular formula is C23H33N3O3. The van der Waals surface area contributed by atoms with Crippen molar-refractivity contribution >= 4 is 5.91 Å². The fourth-order valence-electron chi connectivity index (χ4n) is 6.11. The van der Waals surface area contributed by atoms with E-state index in [0.717, 1.165) is 19.6 Å². The second-order valence-corrected chi connectivity index (χ2v) is 9.43. The average Bonchev–Trinajstić information content (AvgIpc) is 2.75. The summed E-state index contributed by atoms with van der Waals surface area (Å²) in [5, 5.41) is 0. The lowest BCUT2D eigenvalue weighted by Gasteiger charge is -2.57. The molecule has 0 saturated carbocycles. The summed E-state index contributed by atoms with van der Waals surface area (Å²) in [6.07, 6.45) is 5.18. The van der Waals surface area contributed by atoms with Gasteiger partial charge in [0.15, 0.2) is 11.5 Å². The van der Waals surface area contributed by atoms with Gasteiger partial charge in [0, 0.05) is 31.7 Å². The summed E-state index contributed by atoms with van der Waals surface area (Å²) < 4.78 is 11.5. The molecule has 0 aromatic heterocycles. The predicted molar refractivity (Wildman–Crippen MR) is 112 cm³/mol. The molecule has 1 aromatic rings. The van der Waals surface area contributed by atoms with E-state index in [0.29, 0.717) is 54.2 Å². The molecule has 0 N–H and O–H groups in total. The van der Waals surface area contributed by atoms with Gasteiger partial charge in [-0.15, -0.1) is 0 Å². The predicted octanol–water partition coefficient (Wildman–Crippen LogP) is 2.33. The Hall–Kier alpha value is -1.79. The van der Waals surface area contributed by atoms with Crippen LogP contribution in [-0.2, 0) is 0 Å². The van der Waals surface area contributed by atoms with Crippen LogP contribution in [0.4, 0.5) is 0 Å². The van der Waals surface area contributed by atoms with Gasteiger partial charge in [-0.1, -0.05) is 12.5 Å². The van der Waals surface area contributed by atoms with Crippen LogP contribution in [0.3, 0.4) is 0 Å². The molecular weight excluding hydrogens is 366 g/mol. The molecule has 4 aliphatic rings. The van der Waals surface area contributed by atoms with Gasteiger partial charge < -0.3 is 19.3 Å². The fourth-order valence-corrected chi connectivity index (χ4v) is 6.11. The highest BCUT2D eigenvalue weighted by atomic mass is 16.6. The number of nitrogens with zero attached hydrogens (tertiary/aromatic N) is 3. The van der Waals surface area contributed by atoms with E-state index in [1.807, 2.05) is 18.2 Å². The molecule has 3 fully saturated rings. The number of fused-ring (bicyclic) bond motifs is 5. The average molecular weight is 400 g/mol. The summed E-state index contributed by atoms with van der Waals surface area (Å²) in [7, 11) is 4.34. The zero-order chi connectivity index (χ0) is 20.0. The molecule has 0 unspecified atom stereocenters. The standard InChI is InChI=1S/C23H33N3O3/c1-24(2)15-20-17-12-16(19-7-3-4-9-26(19)20)13-25(14-17)23(27)18-6-5-8-21-22(18)29-11-10-28-21/h5-6,8,16-17,19-20H,3-4,7,9-15H2,1-2H3/t16-,17+,19+,20+/m1/s1. The van der Waals surface area contributed by atoms with E-state index in [2.05, 4.69) is 28.8 Å². The van der Waals surface area contributed by atoms with Gasteiger partial charge >= 0.3 is 0 Å². The molecule has 3 saturated heterocycles. The Labute approximate surface area is 173 Å². The number of carbonyl (C=O) groups is 1. The summed E-state index contributed by atoms with van der Waals surface area (Å²) in [6, 6.07) is 6.87. The van der Waals surface area contributed by atoms with E-state index < -0.39 is 0 Å². The number of hydrogen-bond donors (Lipinski definition) is 0. The maximum Gasteiger partial charge on any atom is 0.257 e. The maximum absolute atomic E-state index is 13.6. The smallest absolute Gasteiger partial charge is 0.257 e. The second-order valence-electron chi connectivity index (χ2n) is 9.43. The third-order valence-electron chi connectivity index (χ3n) is 7.26. The third-order valence-corrected chi connectivity index (χ3v) is 7.26. The van der Waals surface area contributed by atoms with Crippen molar-refractivity contribution in [2.45, 2.75) is 37.8 Å². The Morgan fingerprint density at radius 1 is 1.14 bits per heavy atom. The van der Waals surface area contributed by atoms with Crippen LogP contribution in [0.5, 0.6) is 11.5 Å². The lowest BCUT2D eigenvalue weighted by molar-refractivity contribution is -0.0703. The lowest BCUT2D eigenvalue weighted by atomic mass is 9.72. The molecule has 4 aliphatic heterocycles. The summed E-state index contributed by atoms with van der Waals surface area (Å²) in [4.78, 5) is 20.8. The molecule has 0 aliphatic carbocycles. The number of likely N-dealkylation sites (tertiary alicyclic amines) is 1. The van der Waals surface area contributed by atoms with Gasteiger partial charge in [0.1, 0.15) is 13.2 Å². The van der Waals surface area contributed by atoms with E-state index in [9.17, 15) is 4.79 Å². The number of amides is 1. The molecule has 158 valence electrons. The topological polar surface area (TPSA) is 45.3 Å². The van der Waals surface area contributed by atoms with Crippen molar-refractivity contribution in [2.75, 3.05) is 53.5 Å². The highest BCUT2D eigenvalue weighted by Gasteiger charge is 2.48. The van der Waals surface area contributed by atoms with Crippen LogP contribution in [0, 0.1) is 11.8 Å². The van der Waals surface area contributed by atoms with Gasteiger partial charge in [-0.25, -0.2) is 0 Å². The van der Waals surface area contributed by atoms with Gasteiger partial charge in [0.25, 0.3) is 5.91 Å². The summed E-state index contributed by atoms with van der Waals surface area (Å²) >= 11 is 0. The minimum atomic E-state index is 0.106. The quantitative estimate of drug-likeness (QED) is 0.781. The van der Waals surface area contributed by atoms with E-state index in [4.69, 9.17) is 9.47 Å². The number of piperidine rings is 3. The van der Waals surface area contributed by atoms with Crippen LogP contribution in [0.25, 0.3) is 0 Å². The van der Waals surface area contributed by atoms with E-state index in [1.165, 1.54) is 32.2 Å². The molecule has 4 heterocycles. The van der Waals surface area contributed by atoms with E-state index in [1.54, 1.807) is 0 Å². The lowest BCUT2D eigenvalue weighted by Crippen LogP contribution is -2.65. The first-order valence-electron chi connectivity index (χ1n) is 11.2. The van der Waals surface area contributed by atoms with E-state index in [-0.39, 0.29) is 5.91 Å². The molecule has 1 amide bonds. The van der Waals surface area contributed by atoms with Crippen molar-refractivity contribution in [3.8, 4) is 11.5 Å². The van der Waals surface area contributed by atoms with Crippen molar-refractivity contribution in [2.24, 2.45) is 11.8 Å². The number of carbonyl (C=O) groups excluding carboxylic acids is 1. The molecule has 6 heteroatoms. The van der Waals surface area contributed by atoms with Crippen LogP contribution >= 0.6 is 0 Å². The van der Waals surface area contributed by atoms with Gasteiger partial charge in [-0.2, -0.15) is 0 Å². The first-order valence-corrected chi connectivity index (χ1v) is 11.2. The summed E-state index contributed by atoms with van der Waals surface area (Å²) in [5.74, 6) is 2.57. The van der Waals surface area contributed by atoms with Crippen molar-refractivity contribution < 1.29 is 14.3 Å². The monoisotopic (exact) mass is 399 g/mol. The van der Waals surface area contributed by atoms with Crippen LogP contribution in [-0.4, -0.2) is 86.2 Å². The molecule has 0 radical (unpaired) electrons. The largest absolute Gasteiger partial charge is 0.486 e. The highest BCUT2D eigenvalue weighted by molar-refractivity contribution is 5.98. The van der Waals surface area contributed by atoms with Gasteiger partial charge in [0.2, 0.25) is 0 Å². The highest BCUT2D eigenvalue weighted by Crippen LogP contribution is 2.42. The normalized spacial score (nSPS) is 31.5. The Bertz CT molecular complexity index is 768. The van der Waals surface area contributed by atoms with Crippen molar-refractivity contribution in [1.82, 2.24) is 14.7 Å². The minimum absolute atomic E-state index is 0.106. The van der Waals surface area contributed by atoms with Crippen LogP contribution in [0.15, 0.2) is 18.2 Å². The van der Waals surface area contributed by atoms with Gasteiger partial charge in [0.05, 0.1) is 5.56 Å². The Kier molecular flexibility index (Phi) is 5.16. The molecule has 1 aromatic carbocycles. The maximum atomic E-state index is 13.6. The van der Waals surface area contributed by atoms with Crippen molar-refractivity contribution in [1.29, 1.82) is 0 Å². The number of rotatable bonds is 3. The second kappa shape index (κ2) is 7.80. The number of para-hydroxylation sites is 1. The fraction of sp³-hybridized carbons (Fsp3) is 0.696. The molecule has 0 spiro atoms. The Morgan fingerprint density at radius 3 is 2.83 bits per heavy atom. The Morgan fingerprint density at radius 2 is 1.97 bits per heavy atom. The molecule has 6 nitrogen and oxygen atoms in total. The number of ether oxygens (including phenoxy) is 2. The molecule has 2 bridgehead atoms. The Balaban J connectivity index is 1.41. The number of benzene rings is 1. The zero-order valence-electron chi connectivity index (χ0n) is 17.7. The van der Waals surface area contributed by atoms with E-state index >= 15 is 0 Å². The van der Waals surface area contributed by atoms with Gasteiger partial charge in [-0.05, 0) is 63.9 Å². The van der Waals surface area contributed by atoms with Crippen molar-refractivity contribution in [3.63, 3.8) is 0 Å². The summed E-state index contributed by atoms with van der Waals surface area (Å²) in [5.41, 5.74) is 0.659. The molecule has 5 rings (SSSR count). The van der Waals surface area contributed by atoms with Crippen LogP contribution in [0.1, 0.15) is 36.0 Å². The third kappa shape index (κ3) is 3.50. The first-order chi connectivity index (χ1) is 14.1. The summed E-state index contributed by atoms with van der Waals surface area (Å²) in [6.45, 7) is 5.07. The number of hydrogen-bond acceptors (Lipinski definition) is 5.